The van der Waals surface area contributed by atoms with E-state index < -0.39 is 0 Å². The van der Waals surface area contributed by atoms with Crippen molar-refractivity contribution in [2.75, 3.05) is 5.32 Å². The average molecular weight is 309 g/mol. The predicted octanol–water partition coefficient (Wildman–Crippen LogP) is 4.01. The van der Waals surface area contributed by atoms with Gasteiger partial charge in [0.15, 0.2) is 11.5 Å². The Labute approximate surface area is 130 Å². The zero-order chi connectivity index (χ0) is 16.0. The van der Waals surface area contributed by atoms with Crippen LogP contribution in [0, 0.1) is 12.7 Å². The van der Waals surface area contributed by atoms with E-state index in [-0.39, 0.29) is 11.7 Å². The molecule has 0 atom stereocenters. The lowest BCUT2D eigenvalue weighted by Gasteiger charge is -2.02. The lowest BCUT2D eigenvalue weighted by atomic mass is 10.2. The molecule has 0 saturated carbocycles. The summed E-state index contributed by atoms with van der Waals surface area (Å²) in [5.74, 6) is -0.146. The summed E-state index contributed by atoms with van der Waals surface area (Å²) in [5.41, 5.74) is 2.80. The van der Waals surface area contributed by atoms with E-state index in [2.05, 4.69) is 15.3 Å². The molecule has 114 valence electrons. The maximum Gasteiger partial charge on any atom is 0.272 e. The zero-order valence-electron chi connectivity index (χ0n) is 12.2. The van der Waals surface area contributed by atoms with Crippen LogP contribution >= 0.6 is 0 Å². The first-order chi connectivity index (χ1) is 11.1. The van der Waals surface area contributed by atoms with Gasteiger partial charge in [0, 0.05) is 23.5 Å². The Morgan fingerprint density at radius 3 is 2.96 bits per heavy atom. The molecule has 4 aromatic rings. The van der Waals surface area contributed by atoms with Crippen molar-refractivity contribution in [2.24, 2.45) is 0 Å². The lowest BCUT2D eigenvalue weighted by molar-refractivity contribution is 0.102. The Kier molecular flexibility index (Phi) is 2.90. The van der Waals surface area contributed by atoms with E-state index in [4.69, 9.17) is 4.42 Å². The first-order valence-electron chi connectivity index (χ1n) is 7.06. The fourth-order valence-electron chi connectivity index (χ4n) is 2.56. The van der Waals surface area contributed by atoms with Crippen molar-refractivity contribution in [1.29, 1.82) is 0 Å². The number of nitrogens with zero attached hydrogens (tertiary/aromatic N) is 1. The van der Waals surface area contributed by atoms with Crippen LogP contribution in [0.15, 0.2) is 46.9 Å². The standard InChI is InChI=1S/C17H12FN3O2/c1-9-19-14-7-10(5-6-16(14)23-9)20-17(22)15-8-11-12(18)3-2-4-13(11)21-15/h2-8,21H,1H3,(H,20,22). The van der Waals surface area contributed by atoms with Crippen LogP contribution in [0.4, 0.5) is 10.1 Å². The van der Waals surface area contributed by atoms with Gasteiger partial charge >= 0.3 is 0 Å². The van der Waals surface area contributed by atoms with Gasteiger partial charge in [0.25, 0.3) is 5.91 Å². The van der Waals surface area contributed by atoms with Crippen LogP contribution in [0.25, 0.3) is 22.0 Å². The molecule has 0 unspecified atom stereocenters. The molecule has 4 rings (SSSR count). The molecular weight excluding hydrogens is 297 g/mol. The lowest BCUT2D eigenvalue weighted by Crippen LogP contribution is -2.12. The number of hydrogen-bond donors (Lipinski definition) is 2. The summed E-state index contributed by atoms with van der Waals surface area (Å²) in [6.07, 6.45) is 0. The number of hydrogen-bond acceptors (Lipinski definition) is 3. The number of fused-ring (bicyclic) bond motifs is 2. The second-order valence-electron chi connectivity index (χ2n) is 5.25. The third-order valence-corrected chi connectivity index (χ3v) is 3.61. The number of amides is 1. The van der Waals surface area contributed by atoms with Gasteiger partial charge in [-0.3, -0.25) is 4.79 Å². The molecule has 0 fully saturated rings. The van der Waals surface area contributed by atoms with Crippen LogP contribution in [-0.2, 0) is 0 Å². The highest BCUT2D eigenvalue weighted by molar-refractivity contribution is 6.06. The second-order valence-corrected chi connectivity index (χ2v) is 5.25. The van der Waals surface area contributed by atoms with Crippen molar-refractivity contribution in [3.8, 4) is 0 Å². The number of aromatic amines is 1. The quantitative estimate of drug-likeness (QED) is 0.587. The van der Waals surface area contributed by atoms with Gasteiger partial charge in [-0.05, 0) is 36.4 Å². The molecule has 2 aromatic carbocycles. The molecule has 0 aliphatic rings. The van der Waals surface area contributed by atoms with Crippen LogP contribution in [0.2, 0.25) is 0 Å². The normalized spacial score (nSPS) is 11.2. The number of anilines is 1. The number of carbonyl (C=O) groups is 1. The zero-order valence-corrected chi connectivity index (χ0v) is 12.2. The monoisotopic (exact) mass is 309 g/mol. The van der Waals surface area contributed by atoms with Crippen LogP contribution in [0.3, 0.4) is 0 Å². The maximum absolute atomic E-state index is 13.7. The third kappa shape index (κ3) is 2.34. The van der Waals surface area contributed by atoms with Crippen LogP contribution in [0.1, 0.15) is 16.4 Å². The summed E-state index contributed by atoms with van der Waals surface area (Å²) in [6, 6.07) is 11.4. The Bertz CT molecular complexity index is 1050. The van der Waals surface area contributed by atoms with Gasteiger partial charge in [0.1, 0.15) is 17.0 Å². The number of aromatic nitrogens is 2. The molecule has 0 spiro atoms. The molecule has 23 heavy (non-hydrogen) atoms. The molecule has 6 heteroatoms. The summed E-state index contributed by atoms with van der Waals surface area (Å²) in [7, 11) is 0. The molecule has 2 aromatic heterocycles. The van der Waals surface area contributed by atoms with Crippen LogP contribution < -0.4 is 5.32 Å². The van der Waals surface area contributed by atoms with Gasteiger partial charge in [-0.1, -0.05) is 6.07 Å². The highest BCUT2D eigenvalue weighted by Gasteiger charge is 2.12. The minimum atomic E-state index is -0.364. The highest BCUT2D eigenvalue weighted by atomic mass is 19.1. The summed E-state index contributed by atoms with van der Waals surface area (Å²) in [6.45, 7) is 1.76. The van der Waals surface area contributed by atoms with E-state index in [1.54, 1.807) is 37.3 Å². The van der Waals surface area contributed by atoms with Gasteiger partial charge in [0.2, 0.25) is 0 Å². The van der Waals surface area contributed by atoms with Crippen molar-refractivity contribution >= 4 is 33.6 Å². The predicted molar refractivity (Wildman–Crippen MR) is 85.0 cm³/mol. The number of oxazole rings is 1. The number of carbonyl (C=O) groups excluding carboxylic acids is 1. The maximum atomic E-state index is 13.7. The van der Waals surface area contributed by atoms with E-state index in [1.165, 1.54) is 12.1 Å². The Morgan fingerprint density at radius 1 is 1.26 bits per heavy atom. The smallest absolute Gasteiger partial charge is 0.272 e. The summed E-state index contributed by atoms with van der Waals surface area (Å²) in [5, 5.41) is 3.15. The molecule has 0 radical (unpaired) electrons. The number of aryl methyl sites for hydroxylation is 1. The fourth-order valence-corrected chi connectivity index (χ4v) is 2.56. The summed E-state index contributed by atoms with van der Waals surface area (Å²) >= 11 is 0. The number of halogens is 1. The number of nitrogens with one attached hydrogen (secondary N) is 2. The van der Waals surface area contributed by atoms with Crippen molar-refractivity contribution in [1.82, 2.24) is 9.97 Å². The molecule has 2 heterocycles. The van der Waals surface area contributed by atoms with Crippen molar-refractivity contribution in [2.45, 2.75) is 6.92 Å². The third-order valence-electron chi connectivity index (χ3n) is 3.61. The van der Waals surface area contributed by atoms with E-state index in [9.17, 15) is 9.18 Å². The largest absolute Gasteiger partial charge is 0.441 e. The molecule has 0 aliphatic carbocycles. The topological polar surface area (TPSA) is 70.9 Å². The van der Waals surface area contributed by atoms with E-state index in [0.29, 0.717) is 39.3 Å². The minimum absolute atomic E-state index is 0.293. The van der Waals surface area contributed by atoms with Crippen LogP contribution in [0.5, 0.6) is 0 Å². The molecular formula is C17H12FN3O2. The Balaban J connectivity index is 1.65. The summed E-state index contributed by atoms with van der Waals surface area (Å²) < 4.78 is 19.1. The number of benzene rings is 2. The van der Waals surface area contributed by atoms with Crippen molar-refractivity contribution in [3.63, 3.8) is 0 Å². The fraction of sp³-hybridized carbons (Fsp3) is 0.0588. The van der Waals surface area contributed by atoms with Gasteiger partial charge < -0.3 is 14.7 Å². The molecule has 5 nitrogen and oxygen atoms in total. The number of rotatable bonds is 2. The highest BCUT2D eigenvalue weighted by Crippen LogP contribution is 2.22. The number of H-pyrrole nitrogens is 1. The van der Waals surface area contributed by atoms with Crippen molar-refractivity contribution in [3.05, 3.63) is 59.9 Å². The van der Waals surface area contributed by atoms with Crippen molar-refractivity contribution < 1.29 is 13.6 Å². The van der Waals surface area contributed by atoms with E-state index in [0.717, 1.165) is 0 Å². The van der Waals surface area contributed by atoms with E-state index >= 15 is 0 Å². The van der Waals surface area contributed by atoms with Gasteiger partial charge in [0.05, 0.1) is 0 Å². The Hall–Kier alpha value is -3.15. The molecule has 0 aliphatic heterocycles. The molecule has 0 saturated heterocycles. The molecule has 2 N–H and O–H groups in total. The van der Waals surface area contributed by atoms with E-state index in [1.807, 2.05) is 0 Å². The minimum Gasteiger partial charge on any atom is -0.441 e. The molecule has 1 amide bonds. The molecule has 0 bridgehead atoms. The van der Waals surface area contributed by atoms with Crippen LogP contribution in [-0.4, -0.2) is 15.9 Å². The SMILES string of the molecule is Cc1nc2cc(NC(=O)c3cc4c(F)cccc4[nH]3)ccc2o1. The van der Waals surface area contributed by atoms with Gasteiger partial charge in [-0.2, -0.15) is 0 Å². The van der Waals surface area contributed by atoms with Gasteiger partial charge in [-0.15, -0.1) is 0 Å². The second kappa shape index (κ2) is 4.95. The summed E-state index contributed by atoms with van der Waals surface area (Å²) in [4.78, 5) is 19.5. The average Bonchev–Trinajstić information content (AvgIpc) is 3.10. The Morgan fingerprint density at radius 2 is 2.13 bits per heavy atom. The first kappa shape index (κ1) is 13.5. The first-order valence-corrected chi connectivity index (χ1v) is 7.06. The van der Waals surface area contributed by atoms with Gasteiger partial charge in [-0.25, -0.2) is 9.37 Å².